The Morgan fingerprint density at radius 3 is 2.71 bits per heavy atom. The second kappa shape index (κ2) is 9.30. The van der Waals surface area contributed by atoms with Crippen molar-refractivity contribution in [3.05, 3.63) is 58.3 Å². The number of aryl methyl sites for hydroxylation is 2. The van der Waals surface area contributed by atoms with Crippen LogP contribution < -0.4 is 15.9 Å². The van der Waals surface area contributed by atoms with Crippen molar-refractivity contribution >= 4 is 22.6 Å². The summed E-state index contributed by atoms with van der Waals surface area (Å²) in [6.07, 6.45) is 0.910. The fourth-order valence-corrected chi connectivity index (χ4v) is 4.31. The largest absolute Gasteiger partial charge is 0.391 e. The lowest BCUT2D eigenvalue weighted by atomic mass is 9.91. The van der Waals surface area contributed by atoms with E-state index in [0.717, 1.165) is 0 Å². The van der Waals surface area contributed by atoms with E-state index in [2.05, 4.69) is 10.6 Å². The number of likely N-dealkylation sites (tertiary alicyclic amines) is 1. The quantitative estimate of drug-likeness (QED) is 0.527. The zero-order valence-corrected chi connectivity index (χ0v) is 19.5. The molecule has 0 saturated carbocycles. The molecular weight excluding hydrogens is 440 g/mol. The molecule has 10 heteroatoms. The van der Waals surface area contributed by atoms with E-state index >= 15 is 0 Å². The minimum atomic E-state index is -0.902. The first-order valence-corrected chi connectivity index (χ1v) is 11.1. The zero-order chi connectivity index (χ0) is 24.6. The van der Waals surface area contributed by atoms with Gasteiger partial charge in [0, 0.05) is 37.7 Å². The van der Waals surface area contributed by atoms with Crippen molar-refractivity contribution in [1.82, 2.24) is 20.1 Å². The van der Waals surface area contributed by atoms with Crippen molar-refractivity contribution in [3.63, 3.8) is 0 Å². The predicted molar refractivity (Wildman–Crippen MR) is 123 cm³/mol. The number of amides is 2. The number of aromatic nitrogens is 2. The molecule has 2 amide bonds. The summed E-state index contributed by atoms with van der Waals surface area (Å²) in [5, 5.41) is 15.3. The maximum atomic E-state index is 13.4. The Morgan fingerprint density at radius 1 is 1.26 bits per heavy atom. The molecule has 0 spiro atoms. The molecule has 10 nitrogen and oxygen atoms in total. The molecule has 0 aliphatic carbocycles. The van der Waals surface area contributed by atoms with E-state index in [1.165, 1.54) is 9.47 Å². The third-order valence-electron chi connectivity index (χ3n) is 6.07. The molecular formula is C24H28N4O6. The SMILES string of the molecule is Cc1cc(C(C(=O)N2CC(O)CC2C(=O)NOc2ccc3c(=O)n(C)ccc3c2)C(C)C)on1. The maximum Gasteiger partial charge on any atom is 0.275 e. The first kappa shape index (κ1) is 23.5. The fraction of sp³-hybridized carbons (Fsp3) is 0.417. The van der Waals surface area contributed by atoms with Crippen LogP contribution in [-0.4, -0.2) is 50.2 Å². The van der Waals surface area contributed by atoms with Crippen LogP contribution in [0.3, 0.4) is 0 Å². The van der Waals surface area contributed by atoms with Gasteiger partial charge in [-0.25, -0.2) is 0 Å². The highest BCUT2D eigenvalue weighted by atomic mass is 16.7. The Hall–Kier alpha value is -3.66. The van der Waals surface area contributed by atoms with Crippen LogP contribution in [0.25, 0.3) is 10.8 Å². The van der Waals surface area contributed by atoms with E-state index in [1.54, 1.807) is 50.5 Å². The maximum absolute atomic E-state index is 13.4. The van der Waals surface area contributed by atoms with Gasteiger partial charge in [-0.3, -0.25) is 14.4 Å². The van der Waals surface area contributed by atoms with Gasteiger partial charge in [0.15, 0.2) is 5.75 Å². The molecule has 1 aromatic carbocycles. The van der Waals surface area contributed by atoms with Crippen molar-refractivity contribution in [2.75, 3.05) is 6.54 Å². The van der Waals surface area contributed by atoms with E-state index in [1.807, 2.05) is 13.8 Å². The van der Waals surface area contributed by atoms with Gasteiger partial charge in [-0.2, -0.15) is 5.48 Å². The summed E-state index contributed by atoms with van der Waals surface area (Å²) in [7, 11) is 1.67. The van der Waals surface area contributed by atoms with Gasteiger partial charge >= 0.3 is 0 Å². The Labute approximate surface area is 196 Å². The third kappa shape index (κ3) is 4.54. The van der Waals surface area contributed by atoms with Crippen LogP contribution in [0.4, 0.5) is 0 Å². The number of nitrogens with zero attached hydrogens (tertiary/aromatic N) is 3. The van der Waals surface area contributed by atoms with Gasteiger partial charge in [-0.05, 0) is 42.5 Å². The molecule has 3 aromatic rings. The average molecular weight is 469 g/mol. The molecule has 0 radical (unpaired) electrons. The van der Waals surface area contributed by atoms with Crippen molar-refractivity contribution in [3.8, 4) is 5.75 Å². The minimum absolute atomic E-state index is 0.0343. The van der Waals surface area contributed by atoms with Gasteiger partial charge in [0.1, 0.15) is 17.7 Å². The number of aliphatic hydroxyl groups excluding tert-OH is 1. The van der Waals surface area contributed by atoms with Crippen LogP contribution in [-0.2, 0) is 16.6 Å². The number of fused-ring (bicyclic) bond motifs is 1. The summed E-state index contributed by atoms with van der Waals surface area (Å²) in [6, 6.07) is 7.43. The lowest BCUT2D eigenvalue weighted by molar-refractivity contribution is -0.143. The standard InChI is InChI=1S/C24H28N4O6/c1-13(2)21(20-9-14(3)25-34-20)24(32)28-12-16(29)11-19(28)22(30)26-33-17-5-6-18-15(10-17)7-8-27(4)23(18)31/h5-10,13,16,19,21,29H,11-12H2,1-4H3,(H,26,30). The number of rotatable bonds is 6. The van der Waals surface area contributed by atoms with Crippen LogP contribution in [0, 0.1) is 12.8 Å². The first-order chi connectivity index (χ1) is 16.2. The van der Waals surface area contributed by atoms with E-state index in [4.69, 9.17) is 9.36 Å². The average Bonchev–Trinajstić information content (AvgIpc) is 3.40. The fourth-order valence-electron chi connectivity index (χ4n) is 4.31. The third-order valence-corrected chi connectivity index (χ3v) is 6.07. The van der Waals surface area contributed by atoms with E-state index in [-0.39, 0.29) is 30.3 Å². The molecule has 1 saturated heterocycles. The lowest BCUT2D eigenvalue weighted by Gasteiger charge is -2.28. The molecule has 1 aliphatic rings. The molecule has 180 valence electrons. The molecule has 2 N–H and O–H groups in total. The Morgan fingerprint density at radius 2 is 2.03 bits per heavy atom. The Kier molecular flexibility index (Phi) is 6.43. The number of hydrogen-bond donors (Lipinski definition) is 2. The van der Waals surface area contributed by atoms with Crippen LogP contribution in [0.2, 0.25) is 0 Å². The monoisotopic (exact) mass is 468 g/mol. The number of β-amino-alcohol motifs (C(OH)–C–C–N with tert-alkyl or cyclic N) is 1. The topological polar surface area (TPSA) is 127 Å². The van der Waals surface area contributed by atoms with Gasteiger partial charge in [0.05, 0.1) is 11.8 Å². The molecule has 1 aliphatic heterocycles. The van der Waals surface area contributed by atoms with Crippen LogP contribution in [0.5, 0.6) is 5.75 Å². The molecule has 1 fully saturated rings. The summed E-state index contributed by atoms with van der Waals surface area (Å²) < 4.78 is 6.82. The number of carbonyl (C=O) groups excluding carboxylic acids is 2. The van der Waals surface area contributed by atoms with E-state index in [0.29, 0.717) is 28.0 Å². The molecule has 3 unspecified atom stereocenters. The zero-order valence-electron chi connectivity index (χ0n) is 19.5. The number of benzene rings is 1. The summed E-state index contributed by atoms with van der Waals surface area (Å²) in [5.74, 6) is -0.845. The van der Waals surface area contributed by atoms with Crippen molar-refractivity contribution in [1.29, 1.82) is 0 Å². The smallest absolute Gasteiger partial charge is 0.275 e. The number of hydrogen-bond acceptors (Lipinski definition) is 7. The van der Waals surface area contributed by atoms with Gasteiger partial charge in [0.2, 0.25) is 5.91 Å². The number of aliphatic hydroxyl groups is 1. The summed E-state index contributed by atoms with van der Waals surface area (Å²) in [4.78, 5) is 45.4. The molecule has 3 heterocycles. The van der Waals surface area contributed by atoms with E-state index in [9.17, 15) is 19.5 Å². The van der Waals surface area contributed by atoms with Crippen LogP contribution >= 0.6 is 0 Å². The highest BCUT2D eigenvalue weighted by Gasteiger charge is 2.43. The molecule has 3 atom stereocenters. The second-order valence-electron chi connectivity index (χ2n) is 9.04. The first-order valence-electron chi connectivity index (χ1n) is 11.1. The summed E-state index contributed by atoms with van der Waals surface area (Å²) in [5.41, 5.74) is 2.91. The minimum Gasteiger partial charge on any atom is -0.391 e. The second-order valence-corrected chi connectivity index (χ2v) is 9.04. The molecule has 0 bridgehead atoms. The summed E-state index contributed by atoms with van der Waals surface area (Å²) in [6.45, 7) is 5.58. The number of nitrogens with one attached hydrogen (secondary N) is 1. The molecule has 2 aromatic heterocycles. The van der Waals surface area contributed by atoms with Gasteiger partial charge in [-0.15, -0.1) is 0 Å². The van der Waals surface area contributed by atoms with Crippen LogP contribution in [0.1, 0.15) is 37.6 Å². The molecule has 34 heavy (non-hydrogen) atoms. The number of carbonyl (C=O) groups is 2. The Balaban J connectivity index is 1.49. The molecule has 4 rings (SSSR count). The van der Waals surface area contributed by atoms with Crippen LogP contribution in [0.15, 0.2) is 45.8 Å². The van der Waals surface area contributed by atoms with Gasteiger partial charge in [-0.1, -0.05) is 19.0 Å². The normalized spacial score (nSPS) is 18.9. The lowest BCUT2D eigenvalue weighted by Crippen LogP contribution is -2.48. The summed E-state index contributed by atoms with van der Waals surface area (Å²) >= 11 is 0. The highest BCUT2D eigenvalue weighted by molar-refractivity contribution is 5.91. The predicted octanol–water partition coefficient (Wildman–Crippen LogP) is 1.65. The van der Waals surface area contributed by atoms with Crippen molar-refractivity contribution in [2.45, 2.75) is 45.3 Å². The van der Waals surface area contributed by atoms with E-state index < -0.39 is 24.0 Å². The highest BCUT2D eigenvalue weighted by Crippen LogP contribution is 2.31. The van der Waals surface area contributed by atoms with Gasteiger partial charge < -0.3 is 23.9 Å². The number of pyridine rings is 1. The Bertz CT molecular complexity index is 1280. The van der Waals surface area contributed by atoms with Crippen molar-refractivity contribution < 1.29 is 24.1 Å². The van der Waals surface area contributed by atoms with Gasteiger partial charge in [0.25, 0.3) is 11.5 Å². The number of hydroxylamine groups is 1. The van der Waals surface area contributed by atoms with Crippen molar-refractivity contribution in [2.24, 2.45) is 13.0 Å².